The van der Waals surface area contributed by atoms with Crippen LogP contribution in [-0.4, -0.2) is 28.5 Å². The lowest BCUT2D eigenvalue weighted by molar-refractivity contribution is -0.121. The van der Waals surface area contributed by atoms with E-state index in [0.29, 0.717) is 25.0 Å². The molecule has 1 aliphatic rings. The molecule has 0 atom stereocenters. The smallest absolute Gasteiger partial charge is 0.222 e. The number of hydrogen-bond acceptors (Lipinski definition) is 4. The van der Waals surface area contributed by atoms with E-state index in [9.17, 15) is 4.79 Å². The van der Waals surface area contributed by atoms with E-state index in [4.69, 9.17) is 0 Å². The number of carbonyl (C=O) groups is 1. The number of nitrogens with zero attached hydrogens (tertiary/aromatic N) is 2. The van der Waals surface area contributed by atoms with Crippen LogP contribution in [0.3, 0.4) is 0 Å². The number of hydrogen-bond donors (Lipinski definition) is 2. The van der Waals surface area contributed by atoms with Gasteiger partial charge in [0, 0.05) is 30.9 Å². The lowest BCUT2D eigenvalue weighted by Crippen LogP contribution is -2.36. The molecule has 1 saturated carbocycles. The molecule has 1 aliphatic carbocycles. The summed E-state index contributed by atoms with van der Waals surface area (Å²) in [5.74, 6) is 0.715. The predicted molar refractivity (Wildman–Crippen MR) is 79.6 cm³/mol. The maximum absolute atomic E-state index is 11.8. The van der Waals surface area contributed by atoms with Gasteiger partial charge in [0.15, 0.2) is 0 Å². The van der Waals surface area contributed by atoms with Gasteiger partial charge in [-0.3, -0.25) is 4.79 Å². The summed E-state index contributed by atoms with van der Waals surface area (Å²) < 4.78 is 0. The average Bonchev–Trinajstić information content (AvgIpc) is 2.44. The van der Waals surface area contributed by atoms with Crippen molar-refractivity contribution in [1.82, 2.24) is 15.3 Å². The fraction of sp³-hybridized carbons (Fsp3) is 0.667. The summed E-state index contributed by atoms with van der Waals surface area (Å²) in [5, 5.41) is 6.20. The summed E-state index contributed by atoms with van der Waals surface area (Å²) in [4.78, 5) is 20.4. The van der Waals surface area contributed by atoms with Crippen LogP contribution in [0, 0.1) is 13.8 Å². The Morgan fingerprint density at radius 3 is 2.75 bits per heavy atom. The van der Waals surface area contributed by atoms with Crippen LogP contribution >= 0.6 is 0 Å². The topological polar surface area (TPSA) is 66.9 Å². The molecular weight excluding hydrogens is 252 g/mol. The summed E-state index contributed by atoms with van der Waals surface area (Å²) in [6.07, 6.45) is 8.29. The minimum absolute atomic E-state index is 0.119. The molecule has 5 nitrogen and oxygen atoms in total. The second-order valence-electron chi connectivity index (χ2n) is 5.54. The fourth-order valence-electron chi connectivity index (χ4n) is 2.45. The van der Waals surface area contributed by atoms with Crippen molar-refractivity contribution in [3.63, 3.8) is 0 Å². The van der Waals surface area contributed by atoms with Crippen molar-refractivity contribution in [2.45, 2.75) is 58.4 Å². The fourth-order valence-corrected chi connectivity index (χ4v) is 2.45. The maximum atomic E-state index is 11.8. The summed E-state index contributed by atoms with van der Waals surface area (Å²) in [5.41, 5.74) is 2.04. The highest BCUT2D eigenvalue weighted by Crippen LogP contribution is 2.17. The molecule has 1 amide bonds. The third-order valence-corrected chi connectivity index (χ3v) is 3.83. The second-order valence-corrected chi connectivity index (χ2v) is 5.54. The lowest BCUT2D eigenvalue weighted by Gasteiger charge is -2.22. The molecule has 0 aliphatic heterocycles. The molecule has 1 aromatic heterocycles. The number of carbonyl (C=O) groups excluding carboxylic acids is 1. The Balaban J connectivity index is 1.69. The van der Waals surface area contributed by atoms with Gasteiger partial charge >= 0.3 is 0 Å². The molecule has 2 N–H and O–H groups in total. The van der Waals surface area contributed by atoms with Crippen LogP contribution < -0.4 is 10.6 Å². The molecule has 110 valence electrons. The van der Waals surface area contributed by atoms with Gasteiger partial charge in [0.1, 0.15) is 0 Å². The molecule has 1 heterocycles. The molecule has 0 aromatic carbocycles. The van der Waals surface area contributed by atoms with Crippen molar-refractivity contribution >= 4 is 11.9 Å². The van der Waals surface area contributed by atoms with Gasteiger partial charge in [-0.25, -0.2) is 9.97 Å². The van der Waals surface area contributed by atoms with Crippen LogP contribution in [0.25, 0.3) is 0 Å². The van der Waals surface area contributed by atoms with E-state index in [1.807, 2.05) is 13.8 Å². The molecular formula is C15H24N4O. The highest BCUT2D eigenvalue weighted by atomic mass is 16.1. The molecule has 0 saturated heterocycles. The van der Waals surface area contributed by atoms with Crippen LogP contribution in [0.5, 0.6) is 0 Å². The third kappa shape index (κ3) is 4.47. The zero-order chi connectivity index (χ0) is 14.4. The first-order chi connectivity index (χ1) is 9.65. The van der Waals surface area contributed by atoms with Gasteiger partial charge in [-0.15, -0.1) is 0 Å². The molecule has 1 aromatic rings. The van der Waals surface area contributed by atoms with Gasteiger partial charge in [0.25, 0.3) is 0 Å². The van der Waals surface area contributed by atoms with E-state index in [1.54, 1.807) is 6.20 Å². The van der Waals surface area contributed by atoms with Crippen molar-refractivity contribution in [3.05, 3.63) is 17.5 Å². The van der Waals surface area contributed by atoms with Crippen LogP contribution in [0.4, 0.5) is 5.95 Å². The van der Waals surface area contributed by atoms with Gasteiger partial charge in [-0.1, -0.05) is 19.3 Å². The van der Waals surface area contributed by atoms with Crippen molar-refractivity contribution in [3.8, 4) is 0 Å². The summed E-state index contributed by atoms with van der Waals surface area (Å²) in [7, 11) is 0. The number of aryl methyl sites for hydroxylation is 2. The molecule has 2 rings (SSSR count). The number of rotatable bonds is 5. The van der Waals surface area contributed by atoms with Gasteiger partial charge in [0.2, 0.25) is 11.9 Å². The highest BCUT2D eigenvalue weighted by molar-refractivity contribution is 5.76. The standard InChI is InChI=1S/C15H24N4O/c1-11-10-17-15(18-12(11)2)16-9-8-14(20)19-13-6-4-3-5-7-13/h10,13H,3-9H2,1-2H3,(H,19,20)(H,16,17,18). The average molecular weight is 276 g/mol. The lowest BCUT2D eigenvalue weighted by atomic mass is 9.95. The van der Waals surface area contributed by atoms with Gasteiger partial charge < -0.3 is 10.6 Å². The second kappa shape index (κ2) is 7.22. The third-order valence-electron chi connectivity index (χ3n) is 3.83. The molecule has 1 fully saturated rings. The first kappa shape index (κ1) is 14.8. The molecule has 0 unspecified atom stereocenters. The quantitative estimate of drug-likeness (QED) is 0.866. The van der Waals surface area contributed by atoms with E-state index >= 15 is 0 Å². The first-order valence-corrected chi connectivity index (χ1v) is 7.48. The number of anilines is 1. The van der Waals surface area contributed by atoms with Gasteiger partial charge in [0.05, 0.1) is 0 Å². The van der Waals surface area contributed by atoms with Crippen LogP contribution in [0.1, 0.15) is 49.8 Å². The van der Waals surface area contributed by atoms with E-state index in [0.717, 1.165) is 24.1 Å². The van der Waals surface area contributed by atoms with Gasteiger partial charge in [-0.2, -0.15) is 0 Å². The zero-order valence-electron chi connectivity index (χ0n) is 12.4. The van der Waals surface area contributed by atoms with Crippen molar-refractivity contribution in [2.75, 3.05) is 11.9 Å². The predicted octanol–water partition coefficient (Wildman–Crippen LogP) is 2.34. The largest absolute Gasteiger partial charge is 0.354 e. The number of aromatic nitrogens is 2. The van der Waals surface area contributed by atoms with Crippen molar-refractivity contribution in [1.29, 1.82) is 0 Å². The van der Waals surface area contributed by atoms with E-state index < -0.39 is 0 Å². The summed E-state index contributed by atoms with van der Waals surface area (Å²) >= 11 is 0. The van der Waals surface area contributed by atoms with E-state index in [1.165, 1.54) is 19.3 Å². The van der Waals surface area contributed by atoms with E-state index in [-0.39, 0.29) is 5.91 Å². The normalized spacial score (nSPS) is 15.9. The molecule has 20 heavy (non-hydrogen) atoms. The summed E-state index contributed by atoms with van der Waals surface area (Å²) in [6.45, 7) is 4.51. The SMILES string of the molecule is Cc1cnc(NCCC(=O)NC2CCCCC2)nc1C. The minimum Gasteiger partial charge on any atom is -0.354 e. The Kier molecular flexibility index (Phi) is 5.32. The van der Waals surface area contributed by atoms with Crippen LogP contribution in [-0.2, 0) is 4.79 Å². The maximum Gasteiger partial charge on any atom is 0.222 e. The Morgan fingerprint density at radius 2 is 2.05 bits per heavy atom. The molecule has 5 heteroatoms. The van der Waals surface area contributed by atoms with Crippen LogP contribution in [0.2, 0.25) is 0 Å². The Bertz CT molecular complexity index is 455. The summed E-state index contributed by atoms with van der Waals surface area (Å²) in [6, 6.07) is 0.383. The zero-order valence-corrected chi connectivity index (χ0v) is 12.4. The molecule has 0 radical (unpaired) electrons. The number of amides is 1. The van der Waals surface area contributed by atoms with E-state index in [2.05, 4.69) is 20.6 Å². The minimum atomic E-state index is 0.119. The highest BCUT2D eigenvalue weighted by Gasteiger charge is 2.15. The Morgan fingerprint density at radius 1 is 1.30 bits per heavy atom. The first-order valence-electron chi connectivity index (χ1n) is 7.48. The van der Waals surface area contributed by atoms with Crippen molar-refractivity contribution in [2.24, 2.45) is 0 Å². The molecule has 0 spiro atoms. The Labute approximate surface area is 120 Å². The van der Waals surface area contributed by atoms with Crippen LogP contribution in [0.15, 0.2) is 6.20 Å². The van der Waals surface area contributed by atoms with Gasteiger partial charge in [-0.05, 0) is 32.3 Å². The Hall–Kier alpha value is -1.65. The number of nitrogens with one attached hydrogen (secondary N) is 2. The monoisotopic (exact) mass is 276 g/mol. The molecule has 0 bridgehead atoms. The van der Waals surface area contributed by atoms with Crippen molar-refractivity contribution < 1.29 is 4.79 Å².